The molecule has 0 aliphatic carbocycles. The standard InChI is InChI=1S/C12H15NO3/c1-8(13)9-4-2-3-5-10(9)16-11-6-7-15-12(11)14/h2-5,8,11H,6-7,13H2,1H3/t8-,11?/m0/s1. The van der Waals surface area contributed by atoms with Crippen LogP contribution in [0.1, 0.15) is 24.9 Å². The summed E-state index contributed by atoms with van der Waals surface area (Å²) in [7, 11) is 0. The van der Waals surface area contributed by atoms with E-state index in [0.717, 1.165) is 5.56 Å². The number of esters is 1. The van der Waals surface area contributed by atoms with Crippen molar-refractivity contribution in [1.29, 1.82) is 0 Å². The van der Waals surface area contributed by atoms with Crippen molar-refractivity contribution in [2.75, 3.05) is 6.61 Å². The van der Waals surface area contributed by atoms with Gasteiger partial charge in [-0.3, -0.25) is 0 Å². The van der Waals surface area contributed by atoms with Gasteiger partial charge in [0.25, 0.3) is 0 Å². The second kappa shape index (κ2) is 4.53. The average Bonchev–Trinajstić information content (AvgIpc) is 2.65. The van der Waals surface area contributed by atoms with Gasteiger partial charge in [-0.15, -0.1) is 0 Å². The Morgan fingerprint density at radius 1 is 1.50 bits per heavy atom. The summed E-state index contributed by atoms with van der Waals surface area (Å²) >= 11 is 0. The topological polar surface area (TPSA) is 61.6 Å². The fourth-order valence-electron chi connectivity index (χ4n) is 1.70. The first-order valence-electron chi connectivity index (χ1n) is 5.36. The number of ether oxygens (including phenoxy) is 2. The highest BCUT2D eigenvalue weighted by molar-refractivity contribution is 5.76. The maximum atomic E-state index is 11.3. The highest BCUT2D eigenvalue weighted by atomic mass is 16.6. The fraction of sp³-hybridized carbons (Fsp3) is 0.417. The molecule has 1 aromatic rings. The van der Waals surface area contributed by atoms with Crippen LogP contribution >= 0.6 is 0 Å². The molecule has 0 aromatic heterocycles. The summed E-state index contributed by atoms with van der Waals surface area (Å²) in [5, 5.41) is 0. The summed E-state index contributed by atoms with van der Waals surface area (Å²) in [6, 6.07) is 7.37. The summed E-state index contributed by atoms with van der Waals surface area (Å²) < 4.78 is 10.5. The molecule has 1 fully saturated rings. The van der Waals surface area contributed by atoms with E-state index in [4.69, 9.17) is 15.2 Å². The normalized spacial score (nSPS) is 21.6. The molecule has 1 unspecified atom stereocenters. The highest BCUT2D eigenvalue weighted by Crippen LogP contribution is 2.26. The van der Waals surface area contributed by atoms with Gasteiger partial charge in [0, 0.05) is 18.0 Å². The van der Waals surface area contributed by atoms with Crippen LogP contribution in [0, 0.1) is 0 Å². The second-order valence-electron chi connectivity index (χ2n) is 3.89. The lowest BCUT2D eigenvalue weighted by atomic mass is 10.1. The summed E-state index contributed by atoms with van der Waals surface area (Å²) in [5.41, 5.74) is 6.73. The highest BCUT2D eigenvalue weighted by Gasteiger charge is 2.29. The lowest BCUT2D eigenvalue weighted by Crippen LogP contribution is -2.23. The van der Waals surface area contributed by atoms with Crippen molar-refractivity contribution in [3.63, 3.8) is 0 Å². The molecule has 1 saturated heterocycles. The van der Waals surface area contributed by atoms with E-state index in [1.165, 1.54) is 0 Å². The molecule has 1 aromatic carbocycles. The van der Waals surface area contributed by atoms with Gasteiger partial charge < -0.3 is 15.2 Å². The van der Waals surface area contributed by atoms with Crippen molar-refractivity contribution in [3.8, 4) is 5.75 Å². The number of hydrogen-bond donors (Lipinski definition) is 1. The molecule has 0 amide bonds. The molecular weight excluding hydrogens is 206 g/mol. The molecule has 2 N–H and O–H groups in total. The van der Waals surface area contributed by atoms with Crippen LogP contribution in [0.2, 0.25) is 0 Å². The zero-order chi connectivity index (χ0) is 11.5. The van der Waals surface area contributed by atoms with Gasteiger partial charge in [0.2, 0.25) is 0 Å². The molecule has 1 aliphatic heterocycles. The maximum Gasteiger partial charge on any atom is 0.347 e. The summed E-state index contributed by atoms with van der Waals surface area (Å²) in [6.07, 6.45) is 0.117. The van der Waals surface area contributed by atoms with E-state index < -0.39 is 6.10 Å². The Kier molecular flexibility index (Phi) is 3.10. The minimum absolute atomic E-state index is 0.117. The zero-order valence-electron chi connectivity index (χ0n) is 9.18. The third-order valence-electron chi connectivity index (χ3n) is 2.57. The number of cyclic esters (lactones) is 1. The Bertz CT molecular complexity index is 390. The average molecular weight is 221 g/mol. The number of carbonyl (C=O) groups excluding carboxylic acids is 1. The van der Waals surface area contributed by atoms with Gasteiger partial charge in [-0.2, -0.15) is 0 Å². The molecule has 86 valence electrons. The number of para-hydroxylation sites is 1. The van der Waals surface area contributed by atoms with Crippen molar-refractivity contribution in [2.45, 2.75) is 25.5 Å². The third kappa shape index (κ3) is 2.17. The third-order valence-corrected chi connectivity index (χ3v) is 2.57. The van der Waals surface area contributed by atoms with Crippen LogP contribution in [0.3, 0.4) is 0 Å². The first-order valence-corrected chi connectivity index (χ1v) is 5.36. The van der Waals surface area contributed by atoms with Gasteiger partial charge in [0.1, 0.15) is 5.75 Å². The van der Waals surface area contributed by atoms with Crippen LogP contribution in [0.15, 0.2) is 24.3 Å². The van der Waals surface area contributed by atoms with E-state index in [-0.39, 0.29) is 12.0 Å². The molecule has 4 nitrogen and oxygen atoms in total. The number of carbonyl (C=O) groups is 1. The van der Waals surface area contributed by atoms with Crippen molar-refractivity contribution in [3.05, 3.63) is 29.8 Å². The van der Waals surface area contributed by atoms with E-state index in [1.807, 2.05) is 31.2 Å². The van der Waals surface area contributed by atoms with Crippen LogP contribution in [0.25, 0.3) is 0 Å². The van der Waals surface area contributed by atoms with Crippen molar-refractivity contribution < 1.29 is 14.3 Å². The molecule has 0 saturated carbocycles. The Hall–Kier alpha value is -1.55. The minimum Gasteiger partial charge on any atom is -0.478 e. The largest absolute Gasteiger partial charge is 0.478 e. The first kappa shape index (κ1) is 11.0. The quantitative estimate of drug-likeness (QED) is 0.784. The summed E-state index contributed by atoms with van der Waals surface area (Å²) in [4.78, 5) is 11.3. The Morgan fingerprint density at radius 3 is 2.88 bits per heavy atom. The van der Waals surface area contributed by atoms with E-state index in [2.05, 4.69) is 0 Å². The minimum atomic E-state index is -0.486. The van der Waals surface area contributed by atoms with E-state index >= 15 is 0 Å². The first-order chi connectivity index (χ1) is 7.68. The van der Waals surface area contributed by atoms with Gasteiger partial charge in [0.05, 0.1) is 6.61 Å². The van der Waals surface area contributed by atoms with Gasteiger partial charge in [-0.25, -0.2) is 4.79 Å². The predicted molar refractivity (Wildman–Crippen MR) is 59.0 cm³/mol. The Labute approximate surface area is 94.3 Å². The summed E-state index contributed by atoms with van der Waals surface area (Å²) in [6.45, 7) is 2.32. The molecule has 0 bridgehead atoms. The molecule has 1 heterocycles. The molecular formula is C12H15NO3. The fourth-order valence-corrected chi connectivity index (χ4v) is 1.70. The van der Waals surface area contributed by atoms with Crippen molar-refractivity contribution >= 4 is 5.97 Å². The molecule has 4 heteroatoms. The van der Waals surface area contributed by atoms with Crippen LogP contribution < -0.4 is 10.5 Å². The number of nitrogens with two attached hydrogens (primary N) is 1. The molecule has 2 rings (SSSR count). The lowest BCUT2D eigenvalue weighted by molar-refractivity contribution is -0.143. The predicted octanol–water partition coefficient (Wildman–Crippen LogP) is 1.40. The van der Waals surface area contributed by atoms with Gasteiger partial charge in [-0.1, -0.05) is 18.2 Å². The number of benzene rings is 1. The Morgan fingerprint density at radius 2 is 2.25 bits per heavy atom. The number of rotatable bonds is 3. The number of hydrogen-bond acceptors (Lipinski definition) is 4. The summed E-state index contributed by atoms with van der Waals surface area (Å²) in [5.74, 6) is 0.376. The van der Waals surface area contributed by atoms with E-state index in [9.17, 15) is 4.79 Å². The molecule has 16 heavy (non-hydrogen) atoms. The van der Waals surface area contributed by atoms with E-state index in [1.54, 1.807) is 0 Å². The molecule has 1 aliphatic rings. The van der Waals surface area contributed by atoms with Crippen molar-refractivity contribution in [2.24, 2.45) is 5.73 Å². The van der Waals surface area contributed by atoms with Crippen LogP contribution in [-0.4, -0.2) is 18.7 Å². The van der Waals surface area contributed by atoms with Gasteiger partial charge >= 0.3 is 5.97 Å². The SMILES string of the molecule is C[C@H](N)c1ccccc1OC1CCOC1=O. The molecule has 2 atom stereocenters. The molecule has 0 radical (unpaired) electrons. The van der Waals surface area contributed by atoms with Crippen LogP contribution in [-0.2, 0) is 9.53 Å². The lowest BCUT2D eigenvalue weighted by Gasteiger charge is -2.15. The van der Waals surface area contributed by atoms with Crippen LogP contribution in [0.5, 0.6) is 5.75 Å². The van der Waals surface area contributed by atoms with Gasteiger partial charge in [-0.05, 0) is 13.0 Å². The molecule has 0 spiro atoms. The monoisotopic (exact) mass is 221 g/mol. The van der Waals surface area contributed by atoms with Gasteiger partial charge in [0.15, 0.2) is 6.10 Å². The zero-order valence-corrected chi connectivity index (χ0v) is 9.18. The van der Waals surface area contributed by atoms with Crippen LogP contribution in [0.4, 0.5) is 0 Å². The van der Waals surface area contributed by atoms with E-state index in [0.29, 0.717) is 18.8 Å². The smallest absolute Gasteiger partial charge is 0.347 e. The van der Waals surface area contributed by atoms with Crippen molar-refractivity contribution in [1.82, 2.24) is 0 Å². The Balaban J connectivity index is 2.17. The maximum absolute atomic E-state index is 11.3. The second-order valence-corrected chi connectivity index (χ2v) is 3.89.